The molecule has 1 aliphatic rings. The molecule has 5 heteroatoms. The highest BCUT2D eigenvalue weighted by atomic mass is 16.5. The zero-order valence-electron chi connectivity index (χ0n) is 17.3. The van der Waals surface area contributed by atoms with Crippen LogP contribution in [0.2, 0.25) is 0 Å². The largest absolute Gasteiger partial charge is 0.481 e. The van der Waals surface area contributed by atoms with Crippen LogP contribution in [0.15, 0.2) is 72.8 Å². The Bertz CT molecular complexity index is 1080. The smallest absolute Gasteiger partial charge is 0.315 e. The number of benzene rings is 3. The van der Waals surface area contributed by atoms with Crippen molar-refractivity contribution >= 4 is 11.9 Å². The highest BCUT2D eigenvalue weighted by Crippen LogP contribution is 2.44. The van der Waals surface area contributed by atoms with Crippen molar-refractivity contribution in [2.75, 3.05) is 6.61 Å². The summed E-state index contributed by atoms with van der Waals surface area (Å²) in [4.78, 5) is 24.4. The molecule has 31 heavy (non-hydrogen) atoms. The zero-order valence-corrected chi connectivity index (χ0v) is 17.3. The fourth-order valence-corrected chi connectivity index (χ4v) is 4.44. The molecule has 0 saturated heterocycles. The Morgan fingerprint density at radius 3 is 2.16 bits per heavy atom. The molecule has 0 spiro atoms. The number of fused-ring (bicyclic) bond motifs is 3. The van der Waals surface area contributed by atoms with Crippen LogP contribution in [-0.4, -0.2) is 29.7 Å². The lowest BCUT2D eigenvalue weighted by molar-refractivity contribution is -0.146. The summed E-state index contributed by atoms with van der Waals surface area (Å²) in [6.07, 6.45) is -0.317. The topological polar surface area (TPSA) is 89.6 Å². The standard InChI is InChI=1S/C26H25NO4/c1-16-7-6-8-17(13-16)25(23(27)14-24(28)29)26(30)31-15-22-20-11-4-2-9-18(20)19-10-3-5-12-21(19)22/h2-13,22-23,25H,14-15,27H2,1H3,(H,28,29)/t23-,25+/m1/s1. The van der Waals surface area contributed by atoms with Crippen molar-refractivity contribution in [3.8, 4) is 11.1 Å². The molecule has 0 saturated carbocycles. The zero-order chi connectivity index (χ0) is 22.0. The molecule has 0 radical (unpaired) electrons. The first kappa shape index (κ1) is 20.8. The van der Waals surface area contributed by atoms with Gasteiger partial charge in [-0.15, -0.1) is 0 Å². The van der Waals surface area contributed by atoms with Gasteiger partial charge in [0.15, 0.2) is 0 Å². The number of carboxylic acids is 1. The normalized spacial score (nSPS) is 14.4. The van der Waals surface area contributed by atoms with E-state index >= 15 is 0 Å². The number of aliphatic carboxylic acids is 1. The van der Waals surface area contributed by atoms with Crippen molar-refractivity contribution in [1.82, 2.24) is 0 Å². The van der Waals surface area contributed by atoms with E-state index in [1.54, 1.807) is 6.07 Å². The van der Waals surface area contributed by atoms with Crippen LogP contribution in [0.1, 0.15) is 40.5 Å². The van der Waals surface area contributed by atoms with Gasteiger partial charge in [0.25, 0.3) is 0 Å². The van der Waals surface area contributed by atoms with Gasteiger partial charge < -0.3 is 15.6 Å². The van der Waals surface area contributed by atoms with E-state index in [0.717, 1.165) is 27.8 Å². The molecule has 0 amide bonds. The van der Waals surface area contributed by atoms with Gasteiger partial charge in [0, 0.05) is 12.0 Å². The Hall–Kier alpha value is -3.44. The Morgan fingerprint density at radius 1 is 0.968 bits per heavy atom. The average Bonchev–Trinajstić information content (AvgIpc) is 3.06. The van der Waals surface area contributed by atoms with Crippen molar-refractivity contribution in [1.29, 1.82) is 0 Å². The molecule has 3 aromatic rings. The van der Waals surface area contributed by atoms with E-state index in [1.807, 2.05) is 49.4 Å². The van der Waals surface area contributed by atoms with Crippen LogP contribution in [-0.2, 0) is 14.3 Å². The van der Waals surface area contributed by atoms with Gasteiger partial charge in [0.2, 0.25) is 0 Å². The highest BCUT2D eigenvalue weighted by molar-refractivity contribution is 5.82. The number of aryl methyl sites for hydroxylation is 1. The van der Waals surface area contributed by atoms with Crippen molar-refractivity contribution < 1.29 is 19.4 Å². The number of hydrogen-bond donors (Lipinski definition) is 2. The lowest BCUT2D eigenvalue weighted by Crippen LogP contribution is -2.37. The minimum Gasteiger partial charge on any atom is -0.481 e. The van der Waals surface area contributed by atoms with Gasteiger partial charge in [-0.05, 0) is 34.7 Å². The van der Waals surface area contributed by atoms with Crippen molar-refractivity contribution in [3.63, 3.8) is 0 Å². The molecule has 0 heterocycles. The maximum absolute atomic E-state index is 13.2. The van der Waals surface area contributed by atoms with E-state index in [0.29, 0.717) is 5.56 Å². The molecule has 0 aromatic heterocycles. The molecule has 4 rings (SSSR count). The number of nitrogens with two attached hydrogens (primary N) is 1. The van der Waals surface area contributed by atoms with E-state index in [9.17, 15) is 14.7 Å². The second kappa shape index (κ2) is 8.74. The van der Waals surface area contributed by atoms with Crippen LogP contribution in [0.5, 0.6) is 0 Å². The maximum atomic E-state index is 13.2. The first-order valence-corrected chi connectivity index (χ1v) is 10.3. The summed E-state index contributed by atoms with van der Waals surface area (Å²) in [5.41, 5.74) is 12.3. The lowest BCUT2D eigenvalue weighted by Gasteiger charge is -2.23. The molecule has 0 aliphatic heterocycles. The van der Waals surface area contributed by atoms with Gasteiger partial charge in [0.1, 0.15) is 6.61 Å². The van der Waals surface area contributed by atoms with Crippen molar-refractivity contribution in [2.45, 2.75) is 31.2 Å². The fraction of sp³-hybridized carbons (Fsp3) is 0.231. The molecule has 3 aromatic carbocycles. The summed E-state index contributed by atoms with van der Waals surface area (Å²) in [7, 11) is 0. The second-order valence-electron chi connectivity index (χ2n) is 8.01. The Balaban J connectivity index is 1.59. The van der Waals surface area contributed by atoms with Crippen molar-refractivity contribution in [3.05, 3.63) is 95.1 Å². The first-order valence-electron chi connectivity index (χ1n) is 10.3. The molecule has 0 bridgehead atoms. The molecule has 0 fully saturated rings. The number of carboxylic acid groups (broad SMARTS) is 1. The van der Waals surface area contributed by atoms with Gasteiger partial charge in [-0.25, -0.2) is 0 Å². The molecular weight excluding hydrogens is 390 g/mol. The molecule has 5 nitrogen and oxygen atoms in total. The summed E-state index contributed by atoms with van der Waals surface area (Å²) in [6, 6.07) is 22.8. The predicted octanol–water partition coefficient (Wildman–Crippen LogP) is 4.24. The molecule has 0 unspecified atom stereocenters. The summed E-state index contributed by atoms with van der Waals surface area (Å²) in [5, 5.41) is 9.20. The average molecular weight is 415 g/mol. The third kappa shape index (κ3) is 4.23. The third-order valence-corrected chi connectivity index (χ3v) is 5.85. The van der Waals surface area contributed by atoms with Gasteiger partial charge in [0.05, 0.1) is 12.3 Å². The fourth-order valence-electron chi connectivity index (χ4n) is 4.44. The van der Waals surface area contributed by atoms with E-state index in [4.69, 9.17) is 10.5 Å². The molecule has 3 N–H and O–H groups in total. The predicted molar refractivity (Wildman–Crippen MR) is 119 cm³/mol. The van der Waals surface area contributed by atoms with E-state index in [2.05, 4.69) is 24.3 Å². The van der Waals surface area contributed by atoms with Gasteiger partial charge >= 0.3 is 11.9 Å². The third-order valence-electron chi connectivity index (χ3n) is 5.85. The maximum Gasteiger partial charge on any atom is 0.315 e. The summed E-state index contributed by atoms with van der Waals surface area (Å²) < 4.78 is 5.79. The monoisotopic (exact) mass is 415 g/mol. The summed E-state index contributed by atoms with van der Waals surface area (Å²) in [5.74, 6) is -2.45. The number of hydrogen-bond acceptors (Lipinski definition) is 4. The second-order valence-corrected chi connectivity index (χ2v) is 8.01. The van der Waals surface area contributed by atoms with E-state index in [1.165, 1.54) is 0 Å². The quantitative estimate of drug-likeness (QED) is 0.564. The number of esters is 1. The SMILES string of the molecule is Cc1cccc([C@H](C(=O)OCC2c3ccccc3-c3ccccc32)[C@H](N)CC(=O)O)c1. The van der Waals surface area contributed by atoms with Crippen LogP contribution in [0.25, 0.3) is 11.1 Å². The van der Waals surface area contributed by atoms with Gasteiger partial charge in [-0.3, -0.25) is 9.59 Å². The highest BCUT2D eigenvalue weighted by Gasteiger charge is 2.33. The van der Waals surface area contributed by atoms with Gasteiger partial charge in [-0.1, -0.05) is 78.4 Å². The molecule has 158 valence electrons. The Labute approximate surface area is 181 Å². The molecule has 2 atom stereocenters. The number of carbonyl (C=O) groups excluding carboxylic acids is 1. The van der Waals surface area contributed by atoms with Crippen LogP contribution in [0, 0.1) is 6.92 Å². The number of carbonyl (C=O) groups is 2. The van der Waals surface area contributed by atoms with Crippen LogP contribution < -0.4 is 5.73 Å². The number of ether oxygens (including phenoxy) is 1. The Kier molecular flexibility index (Phi) is 5.87. The minimum absolute atomic E-state index is 0.0646. The minimum atomic E-state index is -1.04. The lowest BCUT2D eigenvalue weighted by atomic mass is 9.89. The van der Waals surface area contributed by atoms with Crippen LogP contribution in [0.4, 0.5) is 0 Å². The first-order chi connectivity index (χ1) is 15.0. The van der Waals surface area contributed by atoms with Gasteiger partial charge in [-0.2, -0.15) is 0 Å². The number of rotatable bonds is 7. The van der Waals surface area contributed by atoms with E-state index < -0.39 is 23.9 Å². The Morgan fingerprint density at radius 2 is 1.58 bits per heavy atom. The van der Waals surface area contributed by atoms with Crippen LogP contribution in [0.3, 0.4) is 0 Å². The molecular formula is C26H25NO4. The van der Waals surface area contributed by atoms with Crippen LogP contribution >= 0.6 is 0 Å². The van der Waals surface area contributed by atoms with E-state index in [-0.39, 0.29) is 18.9 Å². The summed E-state index contributed by atoms with van der Waals surface area (Å²) >= 11 is 0. The van der Waals surface area contributed by atoms with Crippen molar-refractivity contribution in [2.24, 2.45) is 5.73 Å². The molecule has 1 aliphatic carbocycles. The summed E-state index contributed by atoms with van der Waals surface area (Å²) in [6.45, 7) is 2.09.